The number of hydrogen-bond donors (Lipinski definition) is 0. The molecule has 0 atom stereocenters. The molecule has 1 rings (SSSR count). The molecule has 1 aromatic heterocycles. The minimum atomic E-state index is -4.67. The molecule has 1 heterocycles. The van der Waals surface area contributed by atoms with Crippen LogP contribution in [0.5, 0.6) is 0 Å². The zero-order valence-corrected chi connectivity index (χ0v) is 8.09. The lowest BCUT2D eigenvalue weighted by molar-refractivity contribution is 0.537. The van der Waals surface area contributed by atoms with Crippen LogP contribution in [0.2, 0.25) is 0 Å². The normalized spacial score (nSPS) is 11.8. The average molecular weight is 206 g/mol. The Morgan fingerprint density at radius 2 is 2.31 bits per heavy atom. The van der Waals surface area contributed by atoms with E-state index in [2.05, 4.69) is 4.98 Å². The molecule has 74 valence electrons. The molecule has 0 amide bonds. The number of rotatable bonds is 4. The average Bonchev–Trinajstić information content (AvgIpc) is 2.47. The number of nitrogens with zero attached hydrogens (tertiary/aromatic N) is 2. The Morgan fingerprint density at radius 3 is 2.85 bits per heavy atom. The van der Waals surface area contributed by atoms with E-state index in [-0.39, 0.29) is 5.82 Å². The van der Waals surface area contributed by atoms with Crippen molar-refractivity contribution < 1.29 is 12.3 Å². The second kappa shape index (κ2) is 3.87. The van der Waals surface area contributed by atoms with E-state index in [0.717, 1.165) is 19.0 Å². The Balaban J connectivity index is 2.90. The maximum atomic E-state index is 12.5. The molecule has 0 aliphatic heterocycles. The summed E-state index contributed by atoms with van der Waals surface area (Å²) in [6.07, 6.45) is 4.58. The summed E-state index contributed by atoms with van der Waals surface area (Å²) in [4.78, 5) is 3.76. The SMILES string of the molecule is CCCCc1nccn1S(=O)(=O)F. The summed E-state index contributed by atoms with van der Waals surface area (Å²) in [5.41, 5.74) is 0. The van der Waals surface area contributed by atoms with Gasteiger partial charge in [-0.3, -0.25) is 0 Å². The first-order chi connectivity index (χ1) is 6.05. The predicted molar refractivity (Wildman–Crippen MR) is 46.3 cm³/mol. The van der Waals surface area contributed by atoms with E-state index in [9.17, 15) is 12.3 Å². The molecule has 0 spiro atoms. The van der Waals surface area contributed by atoms with Gasteiger partial charge in [-0.15, -0.1) is 0 Å². The first kappa shape index (κ1) is 10.2. The van der Waals surface area contributed by atoms with Crippen molar-refractivity contribution in [1.29, 1.82) is 0 Å². The highest BCUT2D eigenvalue weighted by Crippen LogP contribution is 2.07. The summed E-state index contributed by atoms with van der Waals surface area (Å²) in [5, 5.41) is 0. The fourth-order valence-corrected chi connectivity index (χ4v) is 1.62. The van der Waals surface area contributed by atoms with E-state index in [1.807, 2.05) is 6.92 Å². The Kier molecular flexibility index (Phi) is 3.02. The highest BCUT2D eigenvalue weighted by atomic mass is 32.3. The number of imidazole rings is 1. The molecule has 13 heavy (non-hydrogen) atoms. The molecule has 4 nitrogen and oxygen atoms in total. The molecule has 0 unspecified atom stereocenters. The fourth-order valence-electron chi connectivity index (χ4n) is 1.03. The topological polar surface area (TPSA) is 52.0 Å². The van der Waals surface area contributed by atoms with Crippen LogP contribution in [0.4, 0.5) is 3.89 Å². The van der Waals surface area contributed by atoms with Gasteiger partial charge in [-0.2, -0.15) is 8.42 Å². The molecule has 0 bridgehead atoms. The minimum absolute atomic E-state index is 0.254. The van der Waals surface area contributed by atoms with E-state index >= 15 is 0 Å². The quantitative estimate of drug-likeness (QED) is 0.697. The first-order valence-corrected chi connectivity index (χ1v) is 5.37. The van der Waals surface area contributed by atoms with Crippen molar-refractivity contribution in [2.24, 2.45) is 0 Å². The van der Waals surface area contributed by atoms with Gasteiger partial charge in [-0.1, -0.05) is 17.2 Å². The molecule has 0 saturated heterocycles. The van der Waals surface area contributed by atoms with E-state index in [0.29, 0.717) is 10.4 Å². The van der Waals surface area contributed by atoms with Gasteiger partial charge < -0.3 is 0 Å². The monoisotopic (exact) mass is 206 g/mol. The van der Waals surface area contributed by atoms with Crippen molar-refractivity contribution >= 4 is 10.4 Å². The highest BCUT2D eigenvalue weighted by Gasteiger charge is 2.14. The van der Waals surface area contributed by atoms with Gasteiger partial charge in [0, 0.05) is 18.8 Å². The molecular weight excluding hydrogens is 195 g/mol. The summed E-state index contributed by atoms with van der Waals surface area (Å²) in [6.45, 7) is 1.97. The van der Waals surface area contributed by atoms with Crippen molar-refractivity contribution in [2.75, 3.05) is 0 Å². The molecular formula is C7H11FN2O2S. The molecule has 6 heteroatoms. The largest absolute Gasteiger partial charge is 0.404 e. The zero-order chi connectivity index (χ0) is 9.90. The third kappa shape index (κ3) is 2.51. The van der Waals surface area contributed by atoms with Gasteiger partial charge in [0.25, 0.3) is 0 Å². The lowest BCUT2D eigenvalue weighted by atomic mass is 10.2. The Hall–Kier alpha value is -0.910. The predicted octanol–water partition coefficient (Wildman–Crippen LogP) is 1.29. The summed E-state index contributed by atoms with van der Waals surface area (Å²) >= 11 is 0. The third-order valence-electron chi connectivity index (χ3n) is 1.67. The standard InChI is InChI=1S/C7H11FN2O2S/c1-2-3-4-7-9-5-6-10(7)13(8,11)12/h5-6H,2-4H2,1H3. The molecule has 0 fully saturated rings. The maximum absolute atomic E-state index is 12.5. The molecule has 0 radical (unpaired) electrons. The first-order valence-electron chi connectivity index (χ1n) is 4.03. The number of hydrogen-bond acceptors (Lipinski definition) is 3. The molecule has 0 saturated carbocycles. The maximum Gasteiger partial charge on any atom is 0.404 e. The zero-order valence-electron chi connectivity index (χ0n) is 7.27. The van der Waals surface area contributed by atoms with Gasteiger partial charge >= 0.3 is 10.4 Å². The fraction of sp³-hybridized carbons (Fsp3) is 0.571. The van der Waals surface area contributed by atoms with Gasteiger partial charge in [0.05, 0.1) is 0 Å². The van der Waals surface area contributed by atoms with Crippen LogP contribution in [-0.2, 0) is 16.8 Å². The molecule has 0 N–H and O–H groups in total. The van der Waals surface area contributed by atoms with Crippen LogP contribution in [0.1, 0.15) is 25.6 Å². The number of aryl methyl sites for hydroxylation is 1. The summed E-state index contributed by atoms with van der Waals surface area (Å²) in [6, 6.07) is 0. The van der Waals surface area contributed by atoms with E-state index in [1.54, 1.807) is 0 Å². The van der Waals surface area contributed by atoms with Gasteiger partial charge in [-0.25, -0.2) is 8.96 Å². The minimum Gasteiger partial charge on any atom is -0.241 e. The summed E-state index contributed by atoms with van der Waals surface area (Å²) in [7, 11) is -4.67. The lowest BCUT2D eigenvalue weighted by Gasteiger charge is -2.00. The van der Waals surface area contributed by atoms with Crippen molar-refractivity contribution in [3.05, 3.63) is 18.2 Å². The molecule has 0 aliphatic carbocycles. The van der Waals surface area contributed by atoms with E-state index < -0.39 is 10.4 Å². The second-order valence-electron chi connectivity index (χ2n) is 2.68. The van der Waals surface area contributed by atoms with Crippen molar-refractivity contribution in [2.45, 2.75) is 26.2 Å². The van der Waals surface area contributed by atoms with Crippen LogP contribution in [0.15, 0.2) is 12.4 Å². The van der Waals surface area contributed by atoms with Crippen LogP contribution in [-0.4, -0.2) is 17.4 Å². The smallest absolute Gasteiger partial charge is 0.241 e. The van der Waals surface area contributed by atoms with E-state index in [1.165, 1.54) is 6.20 Å². The molecule has 0 aliphatic rings. The number of aromatic nitrogens is 2. The van der Waals surface area contributed by atoms with Crippen LogP contribution in [0, 0.1) is 0 Å². The Morgan fingerprint density at radius 1 is 1.62 bits per heavy atom. The highest BCUT2D eigenvalue weighted by molar-refractivity contribution is 7.84. The van der Waals surface area contributed by atoms with Crippen molar-refractivity contribution in [3.63, 3.8) is 0 Å². The number of halogens is 1. The van der Waals surface area contributed by atoms with Gasteiger partial charge in [0.15, 0.2) is 0 Å². The summed E-state index contributed by atoms with van der Waals surface area (Å²) in [5.74, 6) is 0.254. The molecule has 1 aromatic rings. The third-order valence-corrected chi connectivity index (χ3v) is 2.47. The van der Waals surface area contributed by atoms with Gasteiger partial charge in [0.1, 0.15) is 5.82 Å². The van der Waals surface area contributed by atoms with Crippen LogP contribution in [0.25, 0.3) is 0 Å². The molecule has 0 aromatic carbocycles. The van der Waals surface area contributed by atoms with Crippen LogP contribution in [0.3, 0.4) is 0 Å². The second-order valence-corrected chi connectivity index (χ2v) is 3.90. The van der Waals surface area contributed by atoms with Gasteiger partial charge in [0.2, 0.25) is 0 Å². The van der Waals surface area contributed by atoms with Crippen LogP contribution < -0.4 is 0 Å². The van der Waals surface area contributed by atoms with E-state index in [4.69, 9.17) is 0 Å². The lowest BCUT2D eigenvalue weighted by Crippen LogP contribution is -2.09. The Bertz CT molecular complexity index is 372. The van der Waals surface area contributed by atoms with Crippen molar-refractivity contribution in [3.8, 4) is 0 Å². The number of unbranched alkanes of at least 4 members (excludes halogenated alkanes) is 1. The van der Waals surface area contributed by atoms with Crippen molar-refractivity contribution in [1.82, 2.24) is 8.96 Å². The van der Waals surface area contributed by atoms with Gasteiger partial charge in [-0.05, 0) is 6.42 Å². The summed E-state index contributed by atoms with van der Waals surface area (Å²) < 4.78 is 34.2. The van der Waals surface area contributed by atoms with Crippen LogP contribution >= 0.6 is 0 Å². The Labute approximate surface area is 76.8 Å².